The third-order valence-corrected chi connectivity index (χ3v) is 3.40. The standard InChI is InChI=1S/C17H32O2/c1-2-3-4-5-6-7-8-9-10-11-12-13-14-15-16-17(18)19/h5-6H,2-4,7-16H2,1H3,(H,18,19). The number of aliphatic carboxylic acids is 1. The average molecular weight is 268 g/mol. The van der Waals surface area contributed by atoms with Gasteiger partial charge in [-0.15, -0.1) is 0 Å². The summed E-state index contributed by atoms with van der Waals surface area (Å²) in [5.41, 5.74) is 0. The highest BCUT2D eigenvalue weighted by atomic mass is 16.4. The molecule has 0 spiro atoms. The Morgan fingerprint density at radius 2 is 1.26 bits per heavy atom. The lowest BCUT2D eigenvalue weighted by atomic mass is 10.1. The van der Waals surface area contributed by atoms with Crippen LogP contribution in [0, 0.1) is 0 Å². The highest BCUT2D eigenvalue weighted by Gasteiger charge is 1.96. The molecular formula is C17H32O2. The Labute approximate surface area is 119 Å². The molecule has 112 valence electrons. The lowest BCUT2D eigenvalue weighted by molar-refractivity contribution is -0.137. The summed E-state index contributed by atoms with van der Waals surface area (Å²) in [4.78, 5) is 10.3. The van der Waals surface area contributed by atoms with Crippen LogP contribution in [0.1, 0.15) is 90.4 Å². The largest absolute Gasteiger partial charge is 0.481 e. The number of carboxylic acids is 1. The van der Waals surface area contributed by atoms with Crippen LogP contribution in [-0.4, -0.2) is 11.1 Å². The molecule has 0 amide bonds. The first-order valence-corrected chi connectivity index (χ1v) is 8.14. The van der Waals surface area contributed by atoms with E-state index in [1.165, 1.54) is 64.2 Å². The topological polar surface area (TPSA) is 37.3 Å². The Hall–Kier alpha value is -0.790. The SMILES string of the molecule is CCCCC=CCCCCCCCCCCC(=O)O. The first kappa shape index (κ1) is 18.2. The first-order chi connectivity index (χ1) is 9.27. The minimum Gasteiger partial charge on any atom is -0.481 e. The van der Waals surface area contributed by atoms with Gasteiger partial charge in [0.1, 0.15) is 0 Å². The summed E-state index contributed by atoms with van der Waals surface area (Å²) in [6.45, 7) is 2.23. The number of allylic oxidation sites excluding steroid dienone is 2. The van der Waals surface area contributed by atoms with E-state index in [1.54, 1.807) is 0 Å². The van der Waals surface area contributed by atoms with E-state index < -0.39 is 5.97 Å². The van der Waals surface area contributed by atoms with Crippen LogP contribution >= 0.6 is 0 Å². The number of hydrogen-bond donors (Lipinski definition) is 1. The monoisotopic (exact) mass is 268 g/mol. The Balaban J connectivity index is 3.02. The number of rotatable bonds is 14. The van der Waals surface area contributed by atoms with Crippen LogP contribution in [0.15, 0.2) is 12.2 Å². The maximum absolute atomic E-state index is 10.3. The second-order valence-electron chi connectivity index (χ2n) is 5.37. The fraction of sp³-hybridized carbons (Fsp3) is 0.824. The van der Waals surface area contributed by atoms with Gasteiger partial charge in [-0.3, -0.25) is 4.79 Å². The molecule has 19 heavy (non-hydrogen) atoms. The Morgan fingerprint density at radius 1 is 0.789 bits per heavy atom. The molecule has 0 aliphatic carbocycles. The molecule has 0 unspecified atom stereocenters. The van der Waals surface area contributed by atoms with Crippen molar-refractivity contribution < 1.29 is 9.90 Å². The summed E-state index contributed by atoms with van der Waals surface area (Å²) in [5, 5.41) is 8.50. The maximum Gasteiger partial charge on any atom is 0.303 e. The molecule has 0 aliphatic heterocycles. The molecule has 0 radical (unpaired) electrons. The normalized spacial score (nSPS) is 11.2. The van der Waals surface area contributed by atoms with Gasteiger partial charge >= 0.3 is 5.97 Å². The zero-order chi connectivity index (χ0) is 14.2. The maximum atomic E-state index is 10.3. The highest BCUT2D eigenvalue weighted by Crippen LogP contribution is 2.11. The van der Waals surface area contributed by atoms with Crippen molar-refractivity contribution in [1.29, 1.82) is 0 Å². The van der Waals surface area contributed by atoms with E-state index in [0.29, 0.717) is 6.42 Å². The smallest absolute Gasteiger partial charge is 0.303 e. The minimum absolute atomic E-state index is 0.338. The van der Waals surface area contributed by atoms with Gasteiger partial charge in [-0.1, -0.05) is 70.4 Å². The predicted molar refractivity (Wildman–Crippen MR) is 82.5 cm³/mol. The van der Waals surface area contributed by atoms with Gasteiger partial charge in [0.25, 0.3) is 0 Å². The summed E-state index contributed by atoms with van der Waals surface area (Å²) in [7, 11) is 0. The predicted octanol–water partition coefficient (Wildman–Crippen LogP) is 5.72. The molecule has 1 N–H and O–H groups in total. The van der Waals surface area contributed by atoms with Crippen molar-refractivity contribution >= 4 is 5.97 Å². The number of carbonyl (C=O) groups is 1. The number of hydrogen-bond acceptors (Lipinski definition) is 1. The third kappa shape index (κ3) is 17.2. The molecular weight excluding hydrogens is 236 g/mol. The van der Waals surface area contributed by atoms with Crippen LogP contribution in [-0.2, 0) is 4.79 Å². The molecule has 0 fully saturated rings. The highest BCUT2D eigenvalue weighted by molar-refractivity contribution is 5.66. The van der Waals surface area contributed by atoms with E-state index in [1.807, 2.05) is 0 Å². The van der Waals surface area contributed by atoms with Gasteiger partial charge in [-0.2, -0.15) is 0 Å². The molecule has 0 saturated heterocycles. The van der Waals surface area contributed by atoms with Crippen molar-refractivity contribution in [2.24, 2.45) is 0 Å². The second-order valence-corrected chi connectivity index (χ2v) is 5.37. The van der Waals surface area contributed by atoms with Crippen molar-refractivity contribution in [2.45, 2.75) is 90.4 Å². The molecule has 2 heteroatoms. The van der Waals surface area contributed by atoms with Gasteiger partial charge in [0.2, 0.25) is 0 Å². The average Bonchev–Trinajstić information content (AvgIpc) is 2.39. The summed E-state index contributed by atoms with van der Waals surface area (Å²) in [5.74, 6) is -0.660. The lowest BCUT2D eigenvalue weighted by Crippen LogP contribution is -1.93. The van der Waals surface area contributed by atoms with Gasteiger partial charge in [0, 0.05) is 6.42 Å². The lowest BCUT2D eigenvalue weighted by Gasteiger charge is -2.00. The van der Waals surface area contributed by atoms with Gasteiger partial charge < -0.3 is 5.11 Å². The minimum atomic E-state index is -0.660. The Bertz CT molecular complexity index is 221. The van der Waals surface area contributed by atoms with Gasteiger partial charge in [0.05, 0.1) is 0 Å². The number of unbranched alkanes of at least 4 members (excludes halogenated alkanes) is 10. The molecule has 0 saturated carbocycles. The quantitative estimate of drug-likeness (QED) is 0.323. The molecule has 0 heterocycles. The zero-order valence-corrected chi connectivity index (χ0v) is 12.7. The van der Waals surface area contributed by atoms with Crippen LogP contribution in [0.5, 0.6) is 0 Å². The molecule has 2 nitrogen and oxygen atoms in total. The third-order valence-electron chi connectivity index (χ3n) is 3.40. The van der Waals surface area contributed by atoms with Crippen LogP contribution < -0.4 is 0 Å². The van der Waals surface area contributed by atoms with Crippen LogP contribution in [0.2, 0.25) is 0 Å². The van der Waals surface area contributed by atoms with Crippen LogP contribution in [0.3, 0.4) is 0 Å². The van der Waals surface area contributed by atoms with E-state index in [2.05, 4.69) is 19.1 Å². The van der Waals surface area contributed by atoms with Gasteiger partial charge in [0.15, 0.2) is 0 Å². The van der Waals surface area contributed by atoms with Crippen molar-refractivity contribution in [3.8, 4) is 0 Å². The van der Waals surface area contributed by atoms with E-state index in [0.717, 1.165) is 12.8 Å². The molecule has 0 aromatic carbocycles. The molecule has 0 aliphatic rings. The van der Waals surface area contributed by atoms with Crippen molar-refractivity contribution in [1.82, 2.24) is 0 Å². The van der Waals surface area contributed by atoms with Crippen LogP contribution in [0.4, 0.5) is 0 Å². The van der Waals surface area contributed by atoms with Crippen molar-refractivity contribution in [3.05, 3.63) is 12.2 Å². The zero-order valence-electron chi connectivity index (χ0n) is 12.7. The molecule has 0 aromatic rings. The van der Waals surface area contributed by atoms with E-state index in [4.69, 9.17) is 5.11 Å². The fourth-order valence-corrected chi connectivity index (χ4v) is 2.16. The molecule has 0 aromatic heterocycles. The summed E-state index contributed by atoms with van der Waals surface area (Å²) < 4.78 is 0. The van der Waals surface area contributed by atoms with Crippen LogP contribution in [0.25, 0.3) is 0 Å². The summed E-state index contributed by atoms with van der Waals surface area (Å²) in [6.07, 6.45) is 19.8. The summed E-state index contributed by atoms with van der Waals surface area (Å²) >= 11 is 0. The van der Waals surface area contributed by atoms with E-state index in [-0.39, 0.29) is 0 Å². The van der Waals surface area contributed by atoms with Crippen molar-refractivity contribution in [2.75, 3.05) is 0 Å². The Morgan fingerprint density at radius 3 is 1.79 bits per heavy atom. The van der Waals surface area contributed by atoms with E-state index >= 15 is 0 Å². The Kier molecular flexibility index (Phi) is 14.6. The van der Waals surface area contributed by atoms with Crippen molar-refractivity contribution in [3.63, 3.8) is 0 Å². The van der Waals surface area contributed by atoms with E-state index in [9.17, 15) is 4.79 Å². The summed E-state index contributed by atoms with van der Waals surface area (Å²) in [6, 6.07) is 0. The van der Waals surface area contributed by atoms with Gasteiger partial charge in [-0.25, -0.2) is 0 Å². The first-order valence-electron chi connectivity index (χ1n) is 8.14. The van der Waals surface area contributed by atoms with Gasteiger partial charge in [-0.05, 0) is 25.7 Å². The molecule has 0 bridgehead atoms. The molecule has 0 atom stereocenters. The fourth-order valence-electron chi connectivity index (χ4n) is 2.16. The molecule has 0 rings (SSSR count). The second kappa shape index (κ2) is 15.3. The number of carboxylic acid groups (broad SMARTS) is 1.